The number of allylic oxidation sites excluding steroid dienone is 1. The molecule has 7 nitrogen and oxygen atoms in total. The number of benzene rings is 1. The summed E-state index contributed by atoms with van der Waals surface area (Å²) in [5.41, 5.74) is 5.43. The van der Waals surface area contributed by atoms with E-state index in [-0.39, 0.29) is 41.4 Å². The fraction of sp³-hybridized carbons (Fsp3) is 0.348. The largest absolute Gasteiger partial charge is 0.416 e. The molecule has 3 N–H and O–H groups in total. The van der Waals surface area contributed by atoms with Crippen LogP contribution in [0.1, 0.15) is 47.1 Å². The number of aliphatic imine (C=N–C) groups is 1. The van der Waals surface area contributed by atoms with E-state index in [0.29, 0.717) is 11.4 Å². The van der Waals surface area contributed by atoms with Crippen LogP contribution in [-0.2, 0) is 12.8 Å². The van der Waals surface area contributed by atoms with Crippen LogP contribution in [0.25, 0.3) is 0 Å². The summed E-state index contributed by atoms with van der Waals surface area (Å²) in [5.74, 6) is 5.99. The van der Waals surface area contributed by atoms with Crippen LogP contribution in [0.2, 0.25) is 0 Å². The van der Waals surface area contributed by atoms with Gasteiger partial charge in [-0.1, -0.05) is 18.8 Å². The number of nitrogens with two attached hydrogens (primary N) is 1. The first kappa shape index (κ1) is 22.6. The number of aromatic nitrogens is 2. The summed E-state index contributed by atoms with van der Waals surface area (Å²) >= 11 is 0. The Kier molecular flexibility index (Phi) is 5.76. The SMILES string of the molecule is CC1C=C(N)N=CC1C#Cc1cnn2c1C(=O)N(c1ccc(C(F)(F)F)c(CO)c1)C[C@@H]2C. The van der Waals surface area contributed by atoms with Gasteiger partial charge in [0, 0.05) is 18.4 Å². The molecular formula is C23H22F3N5O2. The Labute approximate surface area is 188 Å². The van der Waals surface area contributed by atoms with E-state index >= 15 is 0 Å². The fourth-order valence-electron chi connectivity index (χ4n) is 3.98. The van der Waals surface area contributed by atoms with Crippen LogP contribution in [0.3, 0.4) is 0 Å². The van der Waals surface area contributed by atoms with Crippen molar-refractivity contribution in [2.24, 2.45) is 22.6 Å². The number of alkyl halides is 3. The van der Waals surface area contributed by atoms with E-state index in [1.54, 1.807) is 10.9 Å². The Bertz CT molecular complexity index is 1220. The average molecular weight is 457 g/mol. The lowest BCUT2D eigenvalue weighted by molar-refractivity contribution is -0.138. The topological polar surface area (TPSA) is 96.7 Å². The number of carbonyl (C=O) groups is 1. The van der Waals surface area contributed by atoms with Gasteiger partial charge in [-0.25, -0.2) is 4.99 Å². The molecule has 1 aromatic carbocycles. The first-order valence-electron chi connectivity index (χ1n) is 10.3. The van der Waals surface area contributed by atoms with Gasteiger partial charge < -0.3 is 15.7 Å². The molecule has 0 bridgehead atoms. The number of hydrogen-bond donors (Lipinski definition) is 2. The van der Waals surface area contributed by atoms with Gasteiger partial charge in [0.2, 0.25) is 0 Å². The van der Waals surface area contributed by atoms with Gasteiger partial charge >= 0.3 is 6.18 Å². The van der Waals surface area contributed by atoms with Crippen LogP contribution >= 0.6 is 0 Å². The van der Waals surface area contributed by atoms with E-state index in [2.05, 4.69) is 21.9 Å². The molecule has 2 aliphatic heterocycles. The summed E-state index contributed by atoms with van der Waals surface area (Å²) in [4.78, 5) is 18.8. The molecule has 0 aliphatic carbocycles. The molecule has 2 aromatic rings. The quantitative estimate of drug-likeness (QED) is 0.678. The highest BCUT2D eigenvalue weighted by atomic mass is 19.4. The molecule has 2 unspecified atom stereocenters. The maximum Gasteiger partial charge on any atom is 0.416 e. The molecule has 10 heteroatoms. The minimum atomic E-state index is -4.60. The minimum Gasteiger partial charge on any atom is -0.392 e. The molecule has 2 aliphatic rings. The Morgan fingerprint density at radius 1 is 1.30 bits per heavy atom. The van der Waals surface area contributed by atoms with Crippen LogP contribution in [0.15, 0.2) is 41.3 Å². The van der Waals surface area contributed by atoms with Gasteiger partial charge in [-0.2, -0.15) is 18.3 Å². The predicted molar refractivity (Wildman–Crippen MR) is 116 cm³/mol. The smallest absolute Gasteiger partial charge is 0.392 e. The maximum absolute atomic E-state index is 13.3. The normalized spacial score (nSPS) is 22.5. The third-order valence-electron chi connectivity index (χ3n) is 5.74. The van der Waals surface area contributed by atoms with Gasteiger partial charge in [-0.3, -0.25) is 9.48 Å². The number of rotatable bonds is 2. The molecule has 1 amide bonds. The Morgan fingerprint density at radius 3 is 2.73 bits per heavy atom. The van der Waals surface area contributed by atoms with Crippen molar-refractivity contribution >= 4 is 17.8 Å². The number of nitrogens with zero attached hydrogens (tertiary/aromatic N) is 4. The highest BCUT2D eigenvalue weighted by molar-refractivity contribution is 6.07. The summed E-state index contributed by atoms with van der Waals surface area (Å²) < 4.78 is 41.2. The van der Waals surface area contributed by atoms with Crippen LogP contribution in [0.5, 0.6) is 0 Å². The van der Waals surface area contributed by atoms with Gasteiger partial charge in [0.1, 0.15) is 11.5 Å². The Morgan fingerprint density at radius 2 is 2.06 bits per heavy atom. The molecule has 3 heterocycles. The monoisotopic (exact) mass is 457 g/mol. The molecule has 0 saturated heterocycles. The first-order chi connectivity index (χ1) is 15.6. The molecular weight excluding hydrogens is 435 g/mol. The molecule has 3 atom stereocenters. The number of aliphatic hydroxyl groups is 1. The van der Waals surface area contributed by atoms with Gasteiger partial charge in [-0.15, -0.1) is 0 Å². The van der Waals surface area contributed by atoms with Gasteiger partial charge in [0.25, 0.3) is 5.91 Å². The molecule has 0 radical (unpaired) electrons. The third-order valence-corrected chi connectivity index (χ3v) is 5.74. The lowest BCUT2D eigenvalue weighted by Crippen LogP contribution is -2.43. The molecule has 1 aromatic heterocycles. The summed E-state index contributed by atoms with van der Waals surface area (Å²) in [5, 5.41) is 13.8. The summed E-state index contributed by atoms with van der Waals surface area (Å²) in [6.45, 7) is 3.23. The van der Waals surface area contributed by atoms with E-state index in [0.717, 1.165) is 6.07 Å². The van der Waals surface area contributed by atoms with Crippen molar-refractivity contribution in [1.29, 1.82) is 0 Å². The number of hydrogen-bond acceptors (Lipinski definition) is 5. The maximum atomic E-state index is 13.3. The van der Waals surface area contributed by atoms with Crippen molar-refractivity contribution in [1.82, 2.24) is 9.78 Å². The van der Waals surface area contributed by atoms with Gasteiger partial charge in [-0.05, 0) is 42.7 Å². The van der Waals surface area contributed by atoms with Crippen LogP contribution in [0, 0.1) is 23.7 Å². The van der Waals surface area contributed by atoms with E-state index in [9.17, 15) is 23.1 Å². The number of amides is 1. The van der Waals surface area contributed by atoms with Crippen molar-refractivity contribution in [3.05, 3.63) is 58.7 Å². The van der Waals surface area contributed by atoms with E-state index in [1.165, 1.54) is 23.2 Å². The van der Waals surface area contributed by atoms with Crippen molar-refractivity contribution in [3.8, 4) is 11.8 Å². The van der Waals surface area contributed by atoms with Crippen LogP contribution in [-0.4, -0.2) is 33.6 Å². The number of aliphatic hydroxyl groups excluding tert-OH is 1. The van der Waals surface area contributed by atoms with Gasteiger partial charge in [0.05, 0.1) is 35.9 Å². The lowest BCUT2D eigenvalue weighted by Gasteiger charge is -2.32. The highest BCUT2D eigenvalue weighted by Crippen LogP contribution is 2.35. The average Bonchev–Trinajstić information content (AvgIpc) is 3.19. The van der Waals surface area contributed by atoms with Crippen LogP contribution in [0.4, 0.5) is 18.9 Å². The number of halogens is 3. The zero-order chi connectivity index (χ0) is 23.9. The molecule has 4 rings (SSSR count). The van der Waals surface area contributed by atoms with E-state index in [1.807, 2.05) is 19.9 Å². The zero-order valence-corrected chi connectivity index (χ0v) is 18.0. The molecule has 0 spiro atoms. The van der Waals surface area contributed by atoms with E-state index < -0.39 is 24.3 Å². The lowest BCUT2D eigenvalue weighted by atomic mass is 9.93. The van der Waals surface area contributed by atoms with Crippen molar-refractivity contribution in [3.63, 3.8) is 0 Å². The van der Waals surface area contributed by atoms with Crippen molar-refractivity contribution < 1.29 is 23.1 Å². The molecule has 0 fully saturated rings. The fourth-order valence-corrected chi connectivity index (χ4v) is 3.98. The second-order valence-electron chi connectivity index (χ2n) is 8.14. The third kappa shape index (κ3) is 4.24. The standard InChI is InChI=1S/C23H22F3N5O2/c1-13-7-20(27)28-9-15(13)3-4-16-10-29-31-14(2)11-30(22(33)21(16)31)18-5-6-19(23(24,25)26)17(8-18)12-32/h5-10,13-15,32H,11-12,27H2,1-2H3/t13?,14-,15?/m0/s1. The number of anilines is 1. The second-order valence-corrected chi connectivity index (χ2v) is 8.14. The number of fused-ring (bicyclic) bond motifs is 1. The summed E-state index contributed by atoms with van der Waals surface area (Å²) in [6.07, 6.45) is 0.390. The number of carbonyl (C=O) groups excluding carboxylic acids is 1. The first-order valence-corrected chi connectivity index (χ1v) is 10.3. The van der Waals surface area contributed by atoms with Crippen LogP contribution < -0.4 is 10.6 Å². The molecule has 172 valence electrons. The molecule has 33 heavy (non-hydrogen) atoms. The summed E-state index contributed by atoms with van der Waals surface area (Å²) in [7, 11) is 0. The second kappa shape index (κ2) is 8.41. The Balaban J connectivity index is 1.68. The predicted octanol–water partition coefficient (Wildman–Crippen LogP) is 3.10. The van der Waals surface area contributed by atoms with Gasteiger partial charge in [0.15, 0.2) is 0 Å². The highest BCUT2D eigenvalue weighted by Gasteiger charge is 2.36. The molecule has 0 saturated carbocycles. The Hall–Kier alpha value is -3.58. The summed E-state index contributed by atoms with van der Waals surface area (Å²) in [6, 6.07) is 3.09. The van der Waals surface area contributed by atoms with E-state index in [4.69, 9.17) is 5.73 Å². The van der Waals surface area contributed by atoms with Crippen molar-refractivity contribution in [2.45, 2.75) is 32.7 Å². The minimum absolute atomic E-state index is 0.0524. The van der Waals surface area contributed by atoms with Crippen molar-refractivity contribution in [2.75, 3.05) is 11.4 Å². The zero-order valence-electron chi connectivity index (χ0n) is 18.0.